The number of benzene rings is 2. The van der Waals surface area contributed by atoms with E-state index in [-0.39, 0.29) is 16.5 Å². The third kappa shape index (κ3) is 6.06. The topological polar surface area (TPSA) is 76.4 Å². The SMILES string of the molecule is O=[N+]([O-])c1cc(NC(=S)Nc2ccccc2)cc(OCC(F)(F)C(F)F)c1. The molecule has 0 radical (unpaired) electrons. The molecule has 27 heavy (non-hydrogen) atoms. The van der Waals surface area contributed by atoms with Crippen LogP contribution < -0.4 is 15.4 Å². The average molecular weight is 403 g/mol. The quantitative estimate of drug-likeness (QED) is 0.303. The van der Waals surface area contributed by atoms with Crippen LogP contribution in [-0.2, 0) is 0 Å². The highest BCUT2D eigenvalue weighted by molar-refractivity contribution is 7.80. The van der Waals surface area contributed by atoms with Gasteiger partial charge in [-0.2, -0.15) is 8.78 Å². The molecular weight excluding hydrogens is 390 g/mol. The summed E-state index contributed by atoms with van der Waals surface area (Å²) < 4.78 is 55.0. The number of para-hydroxylation sites is 1. The zero-order valence-electron chi connectivity index (χ0n) is 13.5. The van der Waals surface area contributed by atoms with E-state index in [0.29, 0.717) is 5.69 Å². The minimum atomic E-state index is -4.39. The van der Waals surface area contributed by atoms with Crippen molar-refractivity contribution in [2.24, 2.45) is 0 Å². The van der Waals surface area contributed by atoms with Gasteiger partial charge in [-0.25, -0.2) is 8.78 Å². The molecule has 11 heteroatoms. The van der Waals surface area contributed by atoms with Gasteiger partial charge in [0.05, 0.1) is 16.7 Å². The molecular formula is C16H13F4N3O3S. The summed E-state index contributed by atoms with van der Waals surface area (Å²) in [6, 6.07) is 11.8. The Morgan fingerprint density at radius 3 is 2.37 bits per heavy atom. The molecule has 2 N–H and O–H groups in total. The molecule has 144 valence electrons. The van der Waals surface area contributed by atoms with E-state index in [9.17, 15) is 27.7 Å². The van der Waals surface area contributed by atoms with Crippen LogP contribution in [0.2, 0.25) is 0 Å². The van der Waals surface area contributed by atoms with Crippen LogP contribution in [0.5, 0.6) is 5.75 Å². The average Bonchev–Trinajstić information content (AvgIpc) is 2.60. The van der Waals surface area contributed by atoms with E-state index in [1.165, 1.54) is 0 Å². The van der Waals surface area contributed by atoms with Crippen molar-refractivity contribution in [1.29, 1.82) is 0 Å². The van der Waals surface area contributed by atoms with Crippen molar-refractivity contribution in [1.82, 2.24) is 0 Å². The first-order valence-corrected chi connectivity index (χ1v) is 7.79. The smallest absolute Gasteiger partial charge is 0.340 e. The molecule has 6 nitrogen and oxygen atoms in total. The van der Waals surface area contributed by atoms with Crippen LogP contribution in [0, 0.1) is 10.1 Å². The molecule has 2 aromatic carbocycles. The Morgan fingerprint density at radius 2 is 1.78 bits per heavy atom. The molecule has 0 aliphatic rings. The highest BCUT2D eigenvalue weighted by atomic mass is 32.1. The van der Waals surface area contributed by atoms with E-state index in [1.54, 1.807) is 30.3 Å². The van der Waals surface area contributed by atoms with Crippen molar-refractivity contribution < 1.29 is 27.2 Å². The predicted octanol–water partition coefficient (Wildman–Crippen LogP) is 4.68. The summed E-state index contributed by atoms with van der Waals surface area (Å²) in [7, 11) is 0. The molecule has 0 heterocycles. The van der Waals surface area contributed by atoms with Gasteiger partial charge in [0.1, 0.15) is 5.75 Å². The van der Waals surface area contributed by atoms with Crippen LogP contribution in [0.15, 0.2) is 48.5 Å². The molecule has 0 atom stereocenters. The monoisotopic (exact) mass is 403 g/mol. The molecule has 0 unspecified atom stereocenters. The van der Waals surface area contributed by atoms with Gasteiger partial charge in [-0.15, -0.1) is 0 Å². The van der Waals surface area contributed by atoms with Gasteiger partial charge in [-0.3, -0.25) is 10.1 Å². The number of nitro benzene ring substituents is 1. The molecule has 0 saturated heterocycles. The summed E-state index contributed by atoms with van der Waals surface area (Å²) in [5, 5.41) is 16.5. The number of ether oxygens (including phenoxy) is 1. The van der Waals surface area contributed by atoms with Gasteiger partial charge in [0.2, 0.25) is 0 Å². The fourth-order valence-electron chi connectivity index (χ4n) is 1.90. The van der Waals surface area contributed by atoms with Crippen LogP contribution in [0.4, 0.5) is 34.6 Å². The third-order valence-electron chi connectivity index (χ3n) is 3.14. The van der Waals surface area contributed by atoms with Crippen LogP contribution in [0.1, 0.15) is 0 Å². The molecule has 0 aromatic heterocycles. The lowest BCUT2D eigenvalue weighted by Gasteiger charge is -2.16. The molecule has 2 aromatic rings. The summed E-state index contributed by atoms with van der Waals surface area (Å²) in [6.07, 6.45) is -3.92. The fourth-order valence-corrected chi connectivity index (χ4v) is 2.14. The summed E-state index contributed by atoms with van der Waals surface area (Å²) in [4.78, 5) is 10.2. The molecule has 0 aliphatic heterocycles. The van der Waals surface area contributed by atoms with Gasteiger partial charge in [0.15, 0.2) is 11.7 Å². The number of non-ortho nitro benzene ring substituents is 1. The summed E-state index contributed by atoms with van der Waals surface area (Å²) >= 11 is 5.08. The lowest BCUT2D eigenvalue weighted by atomic mass is 10.2. The minimum absolute atomic E-state index is 0.0630. The Kier molecular flexibility index (Phi) is 6.50. The van der Waals surface area contributed by atoms with E-state index in [4.69, 9.17) is 12.2 Å². The van der Waals surface area contributed by atoms with Crippen LogP contribution in [-0.4, -0.2) is 29.0 Å². The van der Waals surface area contributed by atoms with Crippen LogP contribution in [0.3, 0.4) is 0 Å². The number of alkyl halides is 4. The van der Waals surface area contributed by atoms with Crippen molar-refractivity contribution in [2.45, 2.75) is 12.3 Å². The van der Waals surface area contributed by atoms with Gasteiger partial charge in [0, 0.05) is 17.8 Å². The first-order chi connectivity index (χ1) is 12.7. The Labute approximate surface area is 156 Å². The van der Waals surface area contributed by atoms with Crippen molar-refractivity contribution in [3.05, 3.63) is 58.6 Å². The maximum Gasteiger partial charge on any atom is 0.340 e. The highest BCUT2D eigenvalue weighted by Gasteiger charge is 2.41. The second-order valence-corrected chi connectivity index (χ2v) is 5.68. The van der Waals surface area contributed by atoms with E-state index in [2.05, 4.69) is 15.4 Å². The fraction of sp³-hybridized carbons (Fsp3) is 0.188. The first kappa shape index (κ1) is 20.4. The Hall–Kier alpha value is -2.95. The largest absolute Gasteiger partial charge is 0.487 e. The first-order valence-electron chi connectivity index (χ1n) is 7.39. The zero-order valence-corrected chi connectivity index (χ0v) is 14.3. The van der Waals surface area contributed by atoms with Gasteiger partial charge in [-0.05, 0) is 24.4 Å². The van der Waals surface area contributed by atoms with Gasteiger partial charge in [-0.1, -0.05) is 18.2 Å². The number of nitro groups is 1. The Morgan fingerprint density at radius 1 is 1.15 bits per heavy atom. The highest BCUT2D eigenvalue weighted by Crippen LogP contribution is 2.29. The number of rotatable bonds is 7. The number of hydrogen-bond donors (Lipinski definition) is 2. The van der Waals surface area contributed by atoms with E-state index >= 15 is 0 Å². The molecule has 0 saturated carbocycles. The molecule has 0 fully saturated rings. The van der Waals surface area contributed by atoms with Gasteiger partial charge < -0.3 is 15.4 Å². The number of nitrogens with one attached hydrogen (secondary N) is 2. The van der Waals surface area contributed by atoms with E-state index in [0.717, 1.165) is 18.2 Å². The normalized spacial score (nSPS) is 11.1. The zero-order chi connectivity index (χ0) is 20.0. The van der Waals surface area contributed by atoms with Gasteiger partial charge >= 0.3 is 12.3 Å². The summed E-state index contributed by atoms with van der Waals surface area (Å²) in [5.41, 5.74) is 0.222. The summed E-state index contributed by atoms with van der Waals surface area (Å²) in [6.45, 7) is -1.63. The van der Waals surface area contributed by atoms with E-state index < -0.39 is 29.6 Å². The van der Waals surface area contributed by atoms with Crippen molar-refractivity contribution in [3.63, 3.8) is 0 Å². The third-order valence-corrected chi connectivity index (χ3v) is 3.35. The maximum absolute atomic E-state index is 13.0. The molecule has 0 bridgehead atoms. The van der Waals surface area contributed by atoms with Crippen LogP contribution >= 0.6 is 12.2 Å². The summed E-state index contributed by atoms with van der Waals surface area (Å²) in [5.74, 6) is -4.77. The van der Waals surface area contributed by atoms with Crippen LogP contribution in [0.25, 0.3) is 0 Å². The van der Waals surface area contributed by atoms with Crippen molar-refractivity contribution in [2.75, 3.05) is 17.2 Å². The standard InChI is InChI=1S/C16H13F4N3O3S/c17-14(18)16(19,20)9-26-13-7-11(6-12(8-13)23(24)25)22-15(27)21-10-4-2-1-3-5-10/h1-8,14H,9H2,(H2,21,22,27). The molecule has 0 aliphatic carbocycles. The number of nitrogens with zero attached hydrogens (tertiary/aromatic N) is 1. The predicted molar refractivity (Wildman–Crippen MR) is 95.8 cm³/mol. The Bertz CT molecular complexity index is 822. The molecule has 0 amide bonds. The van der Waals surface area contributed by atoms with Crippen molar-refractivity contribution >= 4 is 34.4 Å². The Balaban J connectivity index is 2.14. The number of hydrogen-bond acceptors (Lipinski definition) is 4. The lowest BCUT2D eigenvalue weighted by Crippen LogP contribution is -2.33. The number of halogens is 4. The lowest BCUT2D eigenvalue weighted by molar-refractivity contribution is -0.384. The van der Waals surface area contributed by atoms with Gasteiger partial charge in [0.25, 0.3) is 5.69 Å². The van der Waals surface area contributed by atoms with E-state index in [1.807, 2.05) is 0 Å². The number of thiocarbonyl (C=S) groups is 1. The molecule has 2 rings (SSSR count). The van der Waals surface area contributed by atoms with Crippen molar-refractivity contribution in [3.8, 4) is 5.75 Å². The second-order valence-electron chi connectivity index (χ2n) is 5.27. The maximum atomic E-state index is 13.0. The number of anilines is 2. The molecule has 0 spiro atoms. The second kappa shape index (κ2) is 8.62. The minimum Gasteiger partial charge on any atom is -0.487 e.